The van der Waals surface area contributed by atoms with Crippen LogP contribution in [0.1, 0.15) is 149 Å². The molecule has 0 radical (unpaired) electrons. The normalized spacial score (nSPS) is 19.9. The largest absolute Gasteiger partial charge is 0.381 e. The average Bonchev–Trinajstić information content (AvgIpc) is 4.04. The lowest BCUT2D eigenvalue weighted by Gasteiger charge is -2.38. The zero-order chi connectivity index (χ0) is 54.1. The lowest BCUT2D eigenvalue weighted by Crippen LogP contribution is -2.47. The fourth-order valence-electron chi connectivity index (χ4n) is 12.6. The molecule has 3 aliphatic heterocycles. The summed E-state index contributed by atoms with van der Waals surface area (Å²) in [5, 5.41) is 11.0. The number of nitrogens with zero attached hydrogens (tertiary/aromatic N) is 6. The molecule has 1 aliphatic carbocycles. The average molecular weight is 1020 g/mol. The Morgan fingerprint density at radius 2 is 1.65 bits per heavy atom. The second-order valence-electron chi connectivity index (χ2n) is 23.8. The van der Waals surface area contributed by atoms with Crippen LogP contribution >= 0.6 is 0 Å². The molecule has 9 heteroatoms. The second-order valence-corrected chi connectivity index (χ2v) is 23.8. The first kappa shape index (κ1) is 58.0. The molecule has 4 aliphatic rings. The van der Waals surface area contributed by atoms with Crippen LogP contribution in [0.25, 0.3) is 33.3 Å². The summed E-state index contributed by atoms with van der Waals surface area (Å²) in [5.74, 6) is 1.15. The summed E-state index contributed by atoms with van der Waals surface area (Å²) in [6.45, 7) is 49.5. The standard InChI is InChI=1S/C64H95N9.C2H6/c1-15-44(7)61-57(39-55(42-66-61)72-32-30-71(31-33-72)54-22-23-54)63-58(40-64(11,12)27-25-45(8)59-20-19-29-69(13)68-59)56-38-50(21-24-60(56)73(63)18-4)52-35-48(16-2)34-49(36-52)37-53(17-3)67-46(9)62(43(5)6)70(14)47(10)51-26-28-65-41-51;1-2/h17,21,24,34-36,38-39,42-44,51,53-54,59,62,65,67-68H,3,8-10,15-16,18-20,22-23,25-33,37,40-41H2,1-2,4-7,11-14H3;1-2H3/t44?,51?,53?,59-,62-;/m0./s1. The van der Waals surface area contributed by atoms with E-state index < -0.39 is 0 Å². The van der Waals surface area contributed by atoms with Gasteiger partial charge >= 0.3 is 0 Å². The van der Waals surface area contributed by atoms with Crippen molar-refractivity contribution in [2.45, 2.75) is 176 Å². The summed E-state index contributed by atoms with van der Waals surface area (Å²) in [4.78, 5) is 13.1. The van der Waals surface area contributed by atoms with E-state index in [0.29, 0.717) is 23.8 Å². The minimum atomic E-state index is 0.0121. The molecule has 2 aromatic heterocycles. The van der Waals surface area contributed by atoms with Gasteiger partial charge < -0.3 is 25.0 Å². The summed E-state index contributed by atoms with van der Waals surface area (Å²) in [6.07, 6.45) is 16.3. The smallest absolute Gasteiger partial charge is 0.0699 e. The Hall–Kier alpha value is -4.67. The number of piperazine rings is 1. The number of hydrogen-bond donors (Lipinski definition) is 3. The van der Waals surface area contributed by atoms with Crippen molar-refractivity contribution in [3.8, 4) is 22.4 Å². The van der Waals surface area contributed by atoms with Crippen LogP contribution in [0.2, 0.25) is 0 Å². The Morgan fingerprint density at radius 3 is 2.28 bits per heavy atom. The number of nitrogens with one attached hydrogen (secondary N) is 3. The van der Waals surface area contributed by atoms with Crippen LogP contribution in [0.4, 0.5) is 5.69 Å². The molecule has 410 valence electrons. The number of anilines is 1. The number of hydrazine groups is 1. The second kappa shape index (κ2) is 26.1. The molecule has 0 amide bonds. The molecule has 8 rings (SSSR count). The Kier molecular flexibility index (Phi) is 20.2. The first-order valence-electron chi connectivity index (χ1n) is 29.7. The first-order chi connectivity index (χ1) is 36.0. The SMILES string of the molecule is C=CC(Cc1cc(CC)cc(-c2ccc3c(c2)c(CC(C)(C)CCC(=C)[C@@H]2CCCN(C)N2)c(-c2cc(N4CCN(C5CC5)CC4)cnc2C(C)CC)n3CC)c1)NC(=C)[C@H](C(C)C)N(C)C(=C)C1CCNC1.CC. The third-order valence-corrected chi connectivity index (χ3v) is 17.4. The highest BCUT2D eigenvalue weighted by atomic mass is 15.5. The van der Waals surface area contributed by atoms with E-state index in [1.54, 1.807) is 0 Å². The molecule has 0 bridgehead atoms. The lowest BCUT2D eigenvalue weighted by atomic mass is 9.78. The van der Waals surface area contributed by atoms with Gasteiger partial charge in [0, 0.05) is 112 Å². The highest BCUT2D eigenvalue weighted by molar-refractivity contribution is 5.95. The first-order valence-corrected chi connectivity index (χ1v) is 29.7. The molecule has 5 atom stereocenters. The number of benzene rings is 2. The fourth-order valence-corrected chi connectivity index (χ4v) is 12.6. The molecule has 4 aromatic rings. The van der Waals surface area contributed by atoms with Crippen molar-refractivity contribution >= 4 is 16.6 Å². The molecule has 3 N–H and O–H groups in total. The summed E-state index contributed by atoms with van der Waals surface area (Å²) >= 11 is 0. The predicted octanol–water partition coefficient (Wildman–Crippen LogP) is 13.6. The molecular formula is C66H101N9. The van der Waals surface area contributed by atoms with Gasteiger partial charge in [-0.2, -0.15) is 0 Å². The van der Waals surface area contributed by atoms with E-state index in [4.69, 9.17) is 4.98 Å². The number of hydrogen-bond acceptors (Lipinski definition) is 8. The van der Waals surface area contributed by atoms with Gasteiger partial charge in [0.05, 0.1) is 29.3 Å². The van der Waals surface area contributed by atoms with E-state index in [0.717, 1.165) is 115 Å². The van der Waals surface area contributed by atoms with Crippen molar-refractivity contribution < 1.29 is 0 Å². The molecule has 4 fully saturated rings. The van der Waals surface area contributed by atoms with E-state index in [2.05, 4.69) is 191 Å². The fraction of sp³-hybridized carbons (Fsp3) is 0.591. The van der Waals surface area contributed by atoms with Crippen LogP contribution in [-0.4, -0.2) is 108 Å². The molecule has 5 heterocycles. The molecule has 3 saturated heterocycles. The number of fused-ring (bicyclic) bond motifs is 1. The van der Waals surface area contributed by atoms with Gasteiger partial charge in [0.15, 0.2) is 0 Å². The number of aromatic nitrogens is 2. The van der Waals surface area contributed by atoms with Gasteiger partial charge in [0.25, 0.3) is 0 Å². The topological polar surface area (TPSA) is 66.9 Å². The minimum Gasteiger partial charge on any atom is -0.381 e. The van der Waals surface area contributed by atoms with Crippen LogP contribution in [0.15, 0.2) is 98.0 Å². The van der Waals surface area contributed by atoms with Crippen molar-refractivity contribution in [1.82, 2.24) is 40.4 Å². The maximum Gasteiger partial charge on any atom is 0.0699 e. The molecular weight excluding hydrogens is 919 g/mol. The van der Waals surface area contributed by atoms with Crippen molar-refractivity contribution in [2.75, 3.05) is 64.8 Å². The van der Waals surface area contributed by atoms with Crippen molar-refractivity contribution in [1.29, 1.82) is 0 Å². The number of pyridine rings is 1. The molecule has 3 unspecified atom stereocenters. The van der Waals surface area contributed by atoms with Crippen LogP contribution in [0, 0.1) is 17.3 Å². The van der Waals surface area contributed by atoms with Gasteiger partial charge in [-0.3, -0.25) is 9.88 Å². The van der Waals surface area contributed by atoms with Gasteiger partial charge in [0.2, 0.25) is 0 Å². The van der Waals surface area contributed by atoms with Crippen molar-refractivity contribution in [3.63, 3.8) is 0 Å². The van der Waals surface area contributed by atoms with Gasteiger partial charge in [-0.25, -0.2) is 10.4 Å². The molecule has 9 nitrogen and oxygen atoms in total. The van der Waals surface area contributed by atoms with Crippen LogP contribution < -0.4 is 21.0 Å². The van der Waals surface area contributed by atoms with E-state index in [1.165, 1.54) is 91.9 Å². The monoisotopic (exact) mass is 1020 g/mol. The van der Waals surface area contributed by atoms with Crippen LogP contribution in [-0.2, 0) is 25.8 Å². The van der Waals surface area contributed by atoms with Gasteiger partial charge in [-0.15, -0.1) is 6.58 Å². The Bertz CT molecular complexity index is 2560. The highest BCUT2D eigenvalue weighted by Crippen LogP contribution is 2.45. The molecule has 2 aromatic carbocycles. The summed E-state index contributed by atoms with van der Waals surface area (Å²) in [5.41, 5.74) is 20.4. The van der Waals surface area contributed by atoms with Crippen molar-refractivity contribution in [3.05, 3.63) is 120 Å². The van der Waals surface area contributed by atoms with Gasteiger partial charge in [0.1, 0.15) is 0 Å². The Morgan fingerprint density at radius 1 is 0.920 bits per heavy atom. The van der Waals surface area contributed by atoms with E-state index >= 15 is 0 Å². The summed E-state index contributed by atoms with van der Waals surface area (Å²) < 4.78 is 2.63. The van der Waals surface area contributed by atoms with Crippen molar-refractivity contribution in [2.24, 2.45) is 17.3 Å². The highest BCUT2D eigenvalue weighted by Gasteiger charge is 2.34. The van der Waals surface area contributed by atoms with E-state index in [-0.39, 0.29) is 17.5 Å². The maximum atomic E-state index is 5.44. The van der Waals surface area contributed by atoms with Crippen LogP contribution in [0.3, 0.4) is 0 Å². The zero-order valence-electron chi connectivity index (χ0n) is 49.2. The molecule has 0 spiro atoms. The zero-order valence-corrected chi connectivity index (χ0v) is 49.2. The summed E-state index contributed by atoms with van der Waals surface area (Å²) in [7, 11) is 4.36. The van der Waals surface area contributed by atoms with Gasteiger partial charge in [-0.1, -0.05) is 118 Å². The van der Waals surface area contributed by atoms with Gasteiger partial charge in [-0.05, 0) is 147 Å². The quantitative estimate of drug-likeness (QED) is 0.0600. The summed E-state index contributed by atoms with van der Waals surface area (Å²) in [6, 6.07) is 18.4. The Labute approximate surface area is 456 Å². The predicted molar refractivity (Wildman–Crippen MR) is 324 cm³/mol. The van der Waals surface area contributed by atoms with E-state index in [1.807, 2.05) is 13.8 Å². The third kappa shape index (κ3) is 13.9. The lowest BCUT2D eigenvalue weighted by molar-refractivity contribution is 0.158. The van der Waals surface area contributed by atoms with E-state index in [9.17, 15) is 0 Å². The number of rotatable bonds is 24. The Balaban J connectivity index is 0.00000405. The third-order valence-electron chi connectivity index (χ3n) is 17.4. The van der Waals surface area contributed by atoms with Crippen LogP contribution in [0.5, 0.6) is 0 Å². The minimum absolute atomic E-state index is 0.0121. The molecule has 1 saturated carbocycles. The number of likely N-dealkylation sites (N-methyl/N-ethyl adjacent to an activating group) is 1. The number of aryl methyl sites for hydroxylation is 2. The maximum absolute atomic E-state index is 5.44. The molecule has 75 heavy (non-hydrogen) atoms.